The maximum atomic E-state index is 12.7. The van der Waals surface area contributed by atoms with E-state index in [2.05, 4.69) is 11.0 Å². The zero-order valence-corrected chi connectivity index (χ0v) is 22.4. The predicted molar refractivity (Wildman–Crippen MR) is 142 cm³/mol. The Morgan fingerprint density at radius 1 is 1.08 bits per heavy atom. The van der Waals surface area contributed by atoms with Gasteiger partial charge in [-0.25, -0.2) is 4.98 Å². The molecule has 192 valence electrons. The summed E-state index contributed by atoms with van der Waals surface area (Å²) in [5, 5.41) is 10.8. The number of nitriles is 1. The SMILES string of the molecule is COc1cc(OC)c(-c2c(C#N)c(SCC(=O)Oc3ccccc3C)nc3c2CN(C)CC3)cc1OC. The molecular formula is C28H29N3O5S. The van der Waals surface area contributed by atoms with E-state index in [1.807, 2.05) is 38.2 Å². The second kappa shape index (κ2) is 11.5. The summed E-state index contributed by atoms with van der Waals surface area (Å²) in [6.45, 7) is 3.35. The first-order valence-electron chi connectivity index (χ1n) is 11.7. The van der Waals surface area contributed by atoms with Crippen LogP contribution in [0.5, 0.6) is 23.0 Å². The number of carbonyl (C=O) groups is 1. The summed E-state index contributed by atoms with van der Waals surface area (Å²) >= 11 is 1.20. The number of esters is 1. The van der Waals surface area contributed by atoms with Gasteiger partial charge in [-0.3, -0.25) is 4.79 Å². The van der Waals surface area contributed by atoms with E-state index in [1.165, 1.54) is 11.8 Å². The predicted octanol–water partition coefficient (Wildman–Crippen LogP) is 4.64. The second-order valence-corrected chi connectivity index (χ2v) is 9.59. The number of nitrogens with zero attached hydrogens (tertiary/aromatic N) is 3. The van der Waals surface area contributed by atoms with Crippen LogP contribution in [0.25, 0.3) is 11.1 Å². The van der Waals surface area contributed by atoms with Gasteiger partial charge < -0.3 is 23.8 Å². The fourth-order valence-electron chi connectivity index (χ4n) is 4.35. The molecule has 0 bridgehead atoms. The molecule has 8 nitrogen and oxygen atoms in total. The van der Waals surface area contributed by atoms with Crippen LogP contribution in [0.2, 0.25) is 0 Å². The van der Waals surface area contributed by atoms with Gasteiger partial charge in [-0.05, 0) is 37.2 Å². The highest BCUT2D eigenvalue weighted by molar-refractivity contribution is 7.99. The number of hydrogen-bond donors (Lipinski definition) is 0. The quantitative estimate of drug-likeness (QED) is 0.240. The first-order chi connectivity index (χ1) is 17.9. The summed E-state index contributed by atoms with van der Waals surface area (Å²) in [4.78, 5) is 19.7. The Morgan fingerprint density at radius 3 is 2.46 bits per heavy atom. The summed E-state index contributed by atoms with van der Waals surface area (Å²) in [7, 11) is 6.74. The van der Waals surface area contributed by atoms with E-state index < -0.39 is 5.97 Å². The minimum absolute atomic E-state index is 0.0111. The zero-order valence-electron chi connectivity index (χ0n) is 21.6. The molecule has 2 heterocycles. The van der Waals surface area contributed by atoms with Crippen LogP contribution in [-0.4, -0.2) is 56.5 Å². The summed E-state index contributed by atoms with van der Waals surface area (Å²) in [5.41, 5.74) is 4.55. The molecule has 3 aromatic rings. The molecule has 0 N–H and O–H groups in total. The van der Waals surface area contributed by atoms with Crippen LogP contribution in [0, 0.1) is 18.3 Å². The lowest BCUT2D eigenvalue weighted by Crippen LogP contribution is -2.28. The Morgan fingerprint density at radius 2 is 1.78 bits per heavy atom. The van der Waals surface area contributed by atoms with Crippen LogP contribution in [0.3, 0.4) is 0 Å². The first-order valence-corrected chi connectivity index (χ1v) is 12.7. The van der Waals surface area contributed by atoms with Crippen molar-refractivity contribution in [2.24, 2.45) is 0 Å². The number of rotatable bonds is 8. The average molecular weight is 520 g/mol. The number of pyridine rings is 1. The number of ether oxygens (including phenoxy) is 4. The standard InChI is InChI=1S/C28H29N3O5S/c1-17-8-6-7-9-22(17)36-26(32)16-37-28-19(14-29)27(20-15-31(2)11-10-21(20)30-28)18-12-24(34-4)25(35-5)13-23(18)33-3/h6-9,12-13H,10-11,15-16H2,1-5H3. The van der Waals surface area contributed by atoms with E-state index >= 15 is 0 Å². The van der Waals surface area contributed by atoms with Crippen molar-refractivity contribution in [2.45, 2.75) is 24.9 Å². The molecule has 1 aliphatic rings. The van der Waals surface area contributed by atoms with Crippen molar-refractivity contribution in [3.05, 3.63) is 58.8 Å². The van der Waals surface area contributed by atoms with Gasteiger partial charge in [-0.15, -0.1) is 0 Å². The number of aromatic nitrogens is 1. The van der Waals surface area contributed by atoms with Crippen LogP contribution in [0.15, 0.2) is 41.4 Å². The van der Waals surface area contributed by atoms with Crippen molar-refractivity contribution in [3.8, 4) is 40.2 Å². The fourth-order valence-corrected chi connectivity index (χ4v) is 5.13. The molecule has 0 saturated carbocycles. The van der Waals surface area contributed by atoms with Gasteiger partial charge >= 0.3 is 5.97 Å². The van der Waals surface area contributed by atoms with E-state index in [0.717, 1.165) is 35.3 Å². The molecule has 0 atom stereocenters. The van der Waals surface area contributed by atoms with Crippen molar-refractivity contribution in [2.75, 3.05) is 40.7 Å². The maximum absolute atomic E-state index is 12.7. The van der Waals surface area contributed by atoms with Crippen LogP contribution >= 0.6 is 11.8 Å². The van der Waals surface area contributed by atoms with Crippen molar-refractivity contribution in [3.63, 3.8) is 0 Å². The minimum Gasteiger partial charge on any atom is -0.496 e. The van der Waals surface area contributed by atoms with Gasteiger partial charge in [0.15, 0.2) is 11.5 Å². The lowest BCUT2D eigenvalue weighted by molar-refractivity contribution is -0.131. The van der Waals surface area contributed by atoms with Gasteiger partial charge in [0.25, 0.3) is 0 Å². The van der Waals surface area contributed by atoms with Crippen molar-refractivity contribution in [1.82, 2.24) is 9.88 Å². The third-order valence-electron chi connectivity index (χ3n) is 6.24. The summed E-state index contributed by atoms with van der Waals surface area (Å²) < 4.78 is 22.3. The molecule has 0 amide bonds. The van der Waals surface area contributed by atoms with Crippen LogP contribution in [-0.2, 0) is 17.8 Å². The molecular weight excluding hydrogens is 490 g/mol. The normalized spacial score (nSPS) is 12.9. The Hall–Kier alpha value is -3.74. The number of methoxy groups -OCH3 is 3. The average Bonchev–Trinajstić information content (AvgIpc) is 2.91. The van der Waals surface area contributed by atoms with E-state index in [1.54, 1.807) is 33.5 Å². The number of benzene rings is 2. The number of likely N-dealkylation sites (N-methyl/N-ethyl adjacent to an activating group) is 1. The second-order valence-electron chi connectivity index (χ2n) is 8.63. The number of para-hydroxylation sites is 1. The monoisotopic (exact) mass is 519 g/mol. The number of thioether (sulfide) groups is 1. The Bertz CT molecular complexity index is 1370. The molecule has 37 heavy (non-hydrogen) atoms. The lowest BCUT2D eigenvalue weighted by atomic mass is 9.91. The van der Waals surface area contributed by atoms with E-state index in [4.69, 9.17) is 23.9 Å². The highest BCUT2D eigenvalue weighted by Crippen LogP contribution is 2.45. The third kappa shape index (κ3) is 5.50. The number of carbonyl (C=O) groups excluding carboxylic acids is 1. The highest BCUT2D eigenvalue weighted by Gasteiger charge is 2.28. The Kier molecular flexibility index (Phi) is 8.21. The van der Waals surface area contributed by atoms with Gasteiger partial charge in [0.1, 0.15) is 22.6 Å². The minimum atomic E-state index is -0.410. The largest absolute Gasteiger partial charge is 0.496 e. The van der Waals surface area contributed by atoms with Gasteiger partial charge in [0.2, 0.25) is 0 Å². The molecule has 0 saturated heterocycles. The molecule has 2 aromatic carbocycles. The summed E-state index contributed by atoms with van der Waals surface area (Å²) in [5.74, 6) is 1.71. The topological polar surface area (TPSA) is 93.9 Å². The smallest absolute Gasteiger partial charge is 0.321 e. The molecule has 0 radical (unpaired) electrons. The van der Waals surface area contributed by atoms with Gasteiger partial charge in [-0.2, -0.15) is 5.26 Å². The molecule has 0 spiro atoms. The zero-order chi connectivity index (χ0) is 26.5. The van der Waals surface area contributed by atoms with Crippen LogP contribution in [0.4, 0.5) is 0 Å². The molecule has 0 unspecified atom stereocenters. The molecule has 1 aromatic heterocycles. The summed E-state index contributed by atoms with van der Waals surface area (Å²) in [6, 6.07) is 13.3. The Labute approximate surface area is 221 Å². The number of fused-ring (bicyclic) bond motifs is 1. The van der Waals surface area contributed by atoms with Gasteiger partial charge in [0, 0.05) is 42.4 Å². The molecule has 1 aliphatic heterocycles. The molecule has 4 rings (SSSR count). The van der Waals surface area contributed by atoms with E-state index in [9.17, 15) is 10.1 Å². The Balaban J connectivity index is 1.79. The lowest BCUT2D eigenvalue weighted by Gasteiger charge is -2.28. The number of aryl methyl sites for hydroxylation is 1. The summed E-state index contributed by atoms with van der Waals surface area (Å²) in [6.07, 6.45) is 0.724. The highest BCUT2D eigenvalue weighted by atomic mass is 32.2. The first kappa shape index (κ1) is 26.3. The van der Waals surface area contributed by atoms with E-state index in [-0.39, 0.29) is 5.75 Å². The van der Waals surface area contributed by atoms with Gasteiger partial charge in [-0.1, -0.05) is 30.0 Å². The van der Waals surface area contributed by atoms with Gasteiger partial charge in [0.05, 0.1) is 32.6 Å². The molecule has 9 heteroatoms. The molecule has 0 fully saturated rings. The molecule has 0 aliphatic carbocycles. The van der Waals surface area contributed by atoms with Crippen molar-refractivity contribution < 1.29 is 23.7 Å². The third-order valence-corrected chi connectivity index (χ3v) is 7.19. The van der Waals surface area contributed by atoms with E-state index in [0.29, 0.717) is 45.7 Å². The number of hydrogen-bond acceptors (Lipinski definition) is 9. The van der Waals surface area contributed by atoms with Crippen molar-refractivity contribution >= 4 is 17.7 Å². The maximum Gasteiger partial charge on any atom is 0.321 e. The fraction of sp³-hybridized carbons (Fsp3) is 0.321. The van der Waals surface area contributed by atoms with Crippen LogP contribution in [0.1, 0.15) is 22.4 Å². The van der Waals surface area contributed by atoms with Crippen molar-refractivity contribution in [1.29, 1.82) is 5.26 Å². The van der Waals surface area contributed by atoms with Crippen LogP contribution < -0.4 is 18.9 Å².